The van der Waals surface area contributed by atoms with Gasteiger partial charge in [0, 0.05) is 30.4 Å². The molecule has 0 bridgehead atoms. The Morgan fingerprint density at radius 3 is 2.50 bits per heavy atom. The SMILES string of the molecule is Cc1ccccc1Cn1ccc2ccn(CC(=O)Nc3cc(F)ccc3F)c(=O)c21. The van der Waals surface area contributed by atoms with Crippen molar-refractivity contribution in [3.63, 3.8) is 0 Å². The standard InChI is InChI=1S/C23H19F2N3O2/c1-15-4-2-3-5-17(15)13-27-10-8-16-9-11-28(23(30)22(16)27)14-21(29)26-20-12-18(24)6-7-19(20)25/h2-12H,13-14H2,1H3,(H,26,29). The minimum absolute atomic E-state index is 0.267. The highest BCUT2D eigenvalue weighted by molar-refractivity contribution is 5.91. The van der Waals surface area contributed by atoms with Crippen molar-refractivity contribution in [2.75, 3.05) is 5.32 Å². The monoisotopic (exact) mass is 407 g/mol. The van der Waals surface area contributed by atoms with Gasteiger partial charge in [0.05, 0.1) is 5.69 Å². The van der Waals surface area contributed by atoms with Gasteiger partial charge in [0.1, 0.15) is 23.7 Å². The fourth-order valence-electron chi connectivity index (χ4n) is 3.41. The van der Waals surface area contributed by atoms with Crippen LogP contribution in [-0.4, -0.2) is 15.0 Å². The molecule has 0 aliphatic rings. The highest BCUT2D eigenvalue weighted by atomic mass is 19.1. The van der Waals surface area contributed by atoms with Gasteiger partial charge >= 0.3 is 0 Å². The molecule has 2 heterocycles. The van der Waals surface area contributed by atoms with Crippen LogP contribution in [0.2, 0.25) is 0 Å². The molecule has 0 spiro atoms. The molecule has 1 amide bonds. The fraction of sp³-hybridized carbons (Fsp3) is 0.130. The first-order valence-corrected chi connectivity index (χ1v) is 9.40. The third-order valence-electron chi connectivity index (χ3n) is 5.01. The number of nitrogens with zero attached hydrogens (tertiary/aromatic N) is 2. The highest BCUT2D eigenvalue weighted by Crippen LogP contribution is 2.17. The Labute approximate surface area is 171 Å². The summed E-state index contributed by atoms with van der Waals surface area (Å²) in [5.74, 6) is -2.04. The van der Waals surface area contributed by atoms with E-state index in [4.69, 9.17) is 0 Å². The molecule has 0 aliphatic heterocycles. The first kappa shape index (κ1) is 19.6. The molecule has 152 valence electrons. The summed E-state index contributed by atoms with van der Waals surface area (Å²) < 4.78 is 30.2. The lowest BCUT2D eigenvalue weighted by Gasteiger charge is -2.11. The minimum atomic E-state index is -0.750. The van der Waals surface area contributed by atoms with E-state index < -0.39 is 17.5 Å². The number of carbonyl (C=O) groups is 1. The Hall–Kier alpha value is -3.74. The summed E-state index contributed by atoms with van der Waals surface area (Å²) >= 11 is 0. The Kier molecular flexibility index (Phi) is 5.18. The first-order valence-electron chi connectivity index (χ1n) is 9.40. The molecule has 4 aromatic rings. The van der Waals surface area contributed by atoms with Gasteiger partial charge in [-0.15, -0.1) is 0 Å². The Bertz CT molecular complexity index is 1310. The molecule has 4 rings (SSSR count). The van der Waals surface area contributed by atoms with E-state index in [9.17, 15) is 18.4 Å². The Balaban J connectivity index is 1.61. The van der Waals surface area contributed by atoms with E-state index in [1.165, 1.54) is 10.8 Å². The number of amides is 1. The number of anilines is 1. The van der Waals surface area contributed by atoms with E-state index in [2.05, 4.69) is 5.32 Å². The number of pyridine rings is 1. The summed E-state index contributed by atoms with van der Waals surface area (Å²) in [6.07, 6.45) is 3.36. The molecule has 5 nitrogen and oxygen atoms in total. The third-order valence-corrected chi connectivity index (χ3v) is 5.01. The number of nitrogens with one attached hydrogen (secondary N) is 1. The van der Waals surface area contributed by atoms with Crippen LogP contribution in [-0.2, 0) is 17.9 Å². The van der Waals surface area contributed by atoms with Gasteiger partial charge < -0.3 is 14.5 Å². The first-order chi connectivity index (χ1) is 14.4. The zero-order valence-electron chi connectivity index (χ0n) is 16.2. The van der Waals surface area contributed by atoms with Gasteiger partial charge in [0.25, 0.3) is 5.56 Å². The smallest absolute Gasteiger partial charge is 0.275 e. The predicted octanol–water partition coefficient (Wildman–Crippen LogP) is 4.08. The van der Waals surface area contributed by atoms with Gasteiger partial charge in [-0.3, -0.25) is 9.59 Å². The van der Waals surface area contributed by atoms with E-state index in [-0.39, 0.29) is 17.8 Å². The van der Waals surface area contributed by atoms with Gasteiger partial charge in [0.2, 0.25) is 5.91 Å². The van der Waals surface area contributed by atoms with Gasteiger partial charge in [-0.1, -0.05) is 24.3 Å². The van der Waals surface area contributed by atoms with Crippen LogP contribution in [0.1, 0.15) is 11.1 Å². The molecular formula is C23H19F2N3O2. The predicted molar refractivity (Wildman–Crippen MR) is 111 cm³/mol. The highest BCUT2D eigenvalue weighted by Gasteiger charge is 2.13. The number of rotatable bonds is 5. The zero-order chi connectivity index (χ0) is 21.3. The number of benzene rings is 2. The van der Waals surface area contributed by atoms with Crippen LogP contribution in [0.15, 0.2) is 71.8 Å². The van der Waals surface area contributed by atoms with Crippen molar-refractivity contribution in [1.82, 2.24) is 9.13 Å². The molecule has 30 heavy (non-hydrogen) atoms. The lowest BCUT2D eigenvalue weighted by Crippen LogP contribution is -2.28. The van der Waals surface area contributed by atoms with Crippen molar-refractivity contribution < 1.29 is 13.6 Å². The lowest BCUT2D eigenvalue weighted by molar-refractivity contribution is -0.116. The quantitative estimate of drug-likeness (QED) is 0.542. The molecule has 1 N–H and O–H groups in total. The van der Waals surface area contributed by atoms with E-state index in [0.29, 0.717) is 12.1 Å². The second-order valence-corrected chi connectivity index (χ2v) is 7.10. The van der Waals surface area contributed by atoms with E-state index in [1.807, 2.05) is 48.0 Å². The molecule has 0 atom stereocenters. The van der Waals surface area contributed by atoms with Crippen molar-refractivity contribution in [1.29, 1.82) is 0 Å². The van der Waals surface area contributed by atoms with Crippen molar-refractivity contribution >= 4 is 22.5 Å². The largest absolute Gasteiger partial charge is 0.339 e. The van der Waals surface area contributed by atoms with Gasteiger partial charge in [-0.05, 0) is 42.3 Å². The molecule has 7 heteroatoms. The van der Waals surface area contributed by atoms with Gasteiger partial charge in [-0.25, -0.2) is 8.78 Å². The number of carbonyl (C=O) groups excluding carboxylic acids is 1. The number of fused-ring (bicyclic) bond motifs is 1. The molecule has 2 aromatic heterocycles. The van der Waals surface area contributed by atoms with Crippen LogP contribution in [0.4, 0.5) is 14.5 Å². The number of aryl methyl sites for hydroxylation is 1. The van der Waals surface area contributed by atoms with Crippen molar-refractivity contribution in [3.05, 3.63) is 100 Å². The molecule has 0 radical (unpaired) electrons. The molecule has 0 unspecified atom stereocenters. The number of aromatic nitrogens is 2. The summed E-state index contributed by atoms with van der Waals surface area (Å²) in [5, 5.41) is 3.08. The van der Waals surface area contributed by atoms with Crippen molar-refractivity contribution in [2.45, 2.75) is 20.0 Å². The number of hydrogen-bond donors (Lipinski definition) is 1. The minimum Gasteiger partial charge on any atom is -0.339 e. The van der Waals surface area contributed by atoms with Gasteiger partial charge in [0.15, 0.2) is 0 Å². The van der Waals surface area contributed by atoms with Crippen molar-refractivity contribution in [2.24, 2.45) is 0 Å². The zero-order valence-corrected chi connectivity index (χ0v) is 16.2. The normalized spacial score (nSPS) is 11.0. The maximum Gasteiger partial charge on any atom is 0.275 e. The molecule has 0 saturated carbocycles. The fourth-order valence-corrected chi connectivity index (χ4v) is 3.41. The van der Waals surface area contributed by atoms with Crippen LogP contribution in [0.25, 0.3) is 10.9 Å². The van der Waals surface area contributed by atoms with Crippen molar-refractivity contribution in [3.8, 4) is 0 Å². The summed E-state index contributed by atoms with van der Waals surface area (Å²) in [6.45, 7) is 2.21. The molecule has 0 aliphatic carbocycles. The Morgan fingerprint density at radius 1 is 1.00 bits per heavy atom. The summed E-state index contributed by atoms with van der Waals surface area (Å²) in [4.78, 5) is 25.3. The van der Waals surface area contributed by atoms with E-state index >= 15 is 0 Å². The Morgan fingerprint density at radius 2 is 1.73 bits per heavy atom. The van der Waals surface area contributed by atoms with Crippen LogP contribution in [0.5, 0.6) is 0 Å². The van der Waals surface area contributed by atoms with E-state index in [1.54, 1.807) is 6.07 Å². The summed E-state index contributed by atoms with van der Waals surface area (Å²) in [5.41, 5.74) is 2.08. The molecule has 0 fully saturated rings. The topological polar surface area (TPSA) is 56.0 Å². The summed E-state index contributed by atoms with van der Waals surface area (Å²) in [6, 6.07) is 14.3. The van der Waals surface area contributed by atoms with Crippen LogP contribution >= 0.6 is 0 Å². The van der Waals surface area contributed by atoms with Crippen LogP contribution < -0.4 is 10.9 Å². The maximum absolute atomic E-state index is 13.8. The van der Waals surface area contributed by atoms with Crippen LogP contribution in [0, 0.1) is 18.6 Å². The summed E-state index contributed by atoms with van der Waals surface area (Å²) in [7, 11) is 0. The second kappa shape index (κ2) is 7.94. The molecule has 2 aromatic carbocycles. The average molecular weight is 407 g/mol. The van der Waals surface area contributed by atoms with Gasteiger partial charge in [-0.2, -0.15) is 0 Å². The number of halogens is 2. The lowest BCUT2D eigenvalue weighted by atomic mass is 10.1. The van der Waals surface area contributed by atoms with E-state index in [0.717, 1.165) is 34.7 Å². The maximum atomic E-state index is 13.8. The second-order valence-electron chi connectivity index (χ2n) is 7.10. The number of hydrogen-bond acceptors (Lipinski definition) is 2. The van der Waals surface area contributed by atoms with Crippen LogP contribution in [0.3, 0.4) is 0 Å². The molecular weight excluding hydrogens is 388 g/mol. The third kappa shape index (κ3) is 3.87. The molecule has 0 saturated heterocycles. The average Bonchev–Trinajstić information content (AvgIpc) is 3.12.